The number of benzene rings is 1. The average molecular weight is 280 g/mol. The summed E-state index contributed by atoms with van der Waals surface area (Å²) in [6.07, 6.45) is 2.21. The van der Waals surface area contributed by atoms with E-state index in [4.69, 9.17) is 4.74 Å². The summed E-state index contributed by atoms with van der Waals surface area (Å²) in [7, 11) is 0. The van der Waals surface area contributed by atoms with Gasteiger partial charge in [0, 0.05) is 31.8 Å². The van der Waals surface area contributed by atoms with E-state index in [1.807, 2.05) is 0 Å². The summed E-state index contributed by atoms with van der Waals surface area (Å²) in [6, 6.07) is 6.12. The van der Waals surface area contributed by atoms with Gasteiger partial charge in [0.1, 0.15) is 12.4 Å². The van der Waals surface area contributed by atoms with Crippen molar-refractivity contribution in [1.29, 1.82) is 0 Å². The molecule has 1 N–H and O–H groups in total. The second-order valence-electron chi connectivity index (χ2n) is 5.09. The van der Waals surface area contributed by atoms with E-state index in [1.165, 1.54) is 12.1 Å². The molecule has 0 spiro atoms. The molecule has 1 fully saturated rings. The number of hydrogen-bond acceptors (Lipinski definition) is 5. The van der Waals surface area contributed by atoms with Crippen molar-refractivity contribution in [3.05, 3.63) is 34.4 Å². The Labute approximate surface area is 118 Å². The molecule has 1 unspecified atom stereocenters. The minimum absolute atomic E-state index is 0.0687. The first-order valence-corrected chi connectivity index (χ1v) is 6.89. The van der Waals surface area contributed by atoms with Gasteiger partial charge < -0.3 is 9.84 Å². The fourth-order valence-corrected chi connectivity index (χ4v) is 2.46. The van der Waals surface area contributed by atoms with Crippen molar-refractivity contribution in [2.45, 2.75) is 12.8 Å². The van der Waals surface area contributed by atoms with Crippen LogP contribution in [0, 0.1) is 16.0 Å². The molecule has 1 saturated heterocycles. The molecule has 0 bridgehead atoms. The summed E-state index contributed by atoms with van der Waals surface area (Å²) in [5, 5.41) is 19.7. The smallest absolute Gasteiger partial charge is 0.269 e. The maximum Gasteiger partial charge on any atom is 0.269 e. The van der Waals surface area contributed by atoms with E-state index in [0.29, 0.717) is 18.3 Å². The quantitative estimate of drug-likeness (QED) is 0.633. The minimum Gasteiger partial charge on any atom is -0.492 e. The lowest BCUT2D eigenvalue weighted by atomic mass is 9.99. The zero-order valence-electron chi connectivity index (χ0n) is 11.4. The van der Waals surface area contributed by atoms with Crippen LogP contribution in [0.2, 0.25) is 0 Å². The van der Waals surface area contributed by atoms with E-state index < -0.39 is 4.92 Å². The van der Waals surface area contributed by atoms with Gasteiger partial charge in [-0.1, -0.05) is 0 Å². The van der Waals surface area contributed by atoms with Crippen molar-refractivity contribution in [3.63, 3.8) is 0 Å². The van der Waals surface area contributed by atoms with Crippen LogP contribution >= 0.6 is 0 Å². The molecule has 0 aliphatic carbocycles. The molecule has 6 heteroatoms. The number of rotatable bonds is 6. The number of likely N-dealkylation sites (tertiary alicyclic amines) is 1. The summed E-state index contributed by atoms with van der Waals surface area (Å²) in [4.78, 5) is 12.4. The Hall–Kier alpha value is -1.66. The highest BCUT2D eigenvalue weighted by Crippen LogP contribution is 2.18. The van der Waals surface area contributed by atoms with Gasteiger partial charge in [-0.2, -0.15) is 0 Å². The van der Waals surface area contributed by atoms with E-state index in [0.717, 1.165) is 32.5 Å². The fourth-order valence-electron chi connectivity index (χ4n) is 2.46. The molecule has 0 aromatic heterocycles. The molecular formula is C14H20N2O4. The average Bonchev–Trinajstić information content (AvgIpc) is 2.48. The SMILES string of the molecule is O=[N+]([O-])c1ccc(OCCN2CCCC(CO)C2)cc1. The number of ether oxygens (including phenoxy) is 1. The van der Waals surface area contributed by atoms with E-state index in [2.05, 4.69) is 4.90 Å². The standard InChI is InChI=1S/C14H20N2O4/c17-11-12-2-1-7-15(10-12)8-9-20-14-5-3-13(4-6-14)16(18)19/h3-6,12,17H,1-2,7-11H2. The third-order valence-electron chi connectivity index (χ3n) is 3.59. The van der Waals surface area contributed by atoms with Crippen molar-refractivity contribution < 1.29 is 14.8 Å². The van der Waals surface area contributed by atoms with E-state index in [-0.39, 0.29) is 12.3 Å². The van der Waals surface area contributed by atoms with Crippen molar-refractivity contribution in [3.8, 4) is 5.75 Å². The molecule has 1 aromatic rings. The second kappa shape index (κ2) is 7.21. The maximum absolute atomic E-state index is 10.5. The predicted molar refractivity (Wildman–Crippen MR) is 74.8 cm³/mol. The number of non-ortho nitro benzene ring substituents is 1. The molecule has 2 rings (SSSR count). The monoisotopic (exact) mass is 280 g/mol. The number of piperidine rings is 1. The fraction of sp³-hybridized carbons (Fsp3) is 0.571. The van der Waals surface area contributed by atoms with Gasteiger partial charge in [0.2, 0.25) is 0 Å². The van der Waals surface area contributed by atoms with Crippen molar-refractivity contribution in [1.82, 2.24) is 4.90 Å². The van der Waals surface area contributed by atoms with Crippen LogP contribution < -0.4 is 4.74 Å². The van der Waals surface area contributed by atoms with Crippen LogP contribution in [-0.2, 0) is 0 Å². The van der Waals surface area contributed by atoms with Gasteiger partial charge in [0.25, 0.3) is 5.69 Å². The third-order valence-corrected chi connectivity index (χ3v) is 3.59. The molecule has 1 heterocycles. The zero-order valence-corrected chi connectivity index (χ0v) is 11.4. The Bertz CT molecular complexity index is 435. The summed E-state index contributed by atoms with van der Waals surface area (Å²) in [6.45, 7) is 3.57. The molecule has 0 radical (unpaired) electrons. The molecule has 0 amide bonds. The molecule has 0 saturated carbocycles. The Morgan fingerprint density at radius 2 is 2.15 bits per heavy atom. The first-order chi connectivity index (χ1) is 9.69. The van der Waals surface area contributed by atoms with Gasteiger partial charge in [0.05, 0.1) is 4.92 Å². The highest BCUT2D eigenvalue weighted by Gasteiger charge is 2.18. The first kappa shape index (κ1) is 14.7. The summed E-state index contributed by atoms with van der Waals surface area (Å²) < 4.78 is 5.59. The zero-order chi connectivity index (χ0) is 14.4. The van der Waals surface area contributed by atoms with Crippen LogP contribution in [0.25, 0.3) is 0 Å². The van der Waals surface area contributed by atoms with E-state index >= 15 is 0 Å². The molecule has 6 nitrogen and oxygen atoms in total. The Morgan fingerprint density at radius 1 is 1.40 bits per heavy atom. The van der Waals surface area contributed by atoms with Gasteiger partial charge in [-0.3, -0.25) is 15.0 Å². The van der Waals surface area contributed by atoms with Crippen LogP contribution in [0.1, 0.15) is 12.8 Å². The minimum atomic E-state index is -0.424. The highest BCUT2D eigenvalue weighted by atomic mass is 16.6. The van der Waals surface area contributed by atoms with Crippen LogP contribution in [-0.4, -0.2) is 47.8 Å². The molecular weight excluding hydrogens is 260 g/mol. The van der Waals surface area contributed by atoms with Crippen molar-refractivity contribution in [2.75, 3.05) is 32.8 Å². The van der Waals surface area contributed by atoms with Crippen molar-refractivity contribution >= 4 is 5.69 Å². The Morgan fingerprint density at radius 3 is 2.80 bits per heavy atom. The van der Waals surface area contributed by atoms with Gasteiger partial charge >= 0.3 is 0 Å². The summed E-state index contributed by atoms with van der Waals surface area (Å²) in [5.74, 6) is 1.02. The molecule has 1 atom stereocenters. The van der Waals surface area contributed by atoms with E-state index in [1.54, 1.807) is 12.1 Å². The second-order valence-corrected chi connectivity index (χ2v) is 5.09. The third kappa shape index (κ3) is 4.18. The number of hydrogen-bond donors (Lipinski definition) is 1. The van der Waals surface area contributed by atoms with Crippen LogP contribution in [0.4, 0.5) is 5.69 Å². The largest absolute Gasteiger partial charge is 0.492 e. The van der Waals surface area contributed by atoms with Crippen LogP contribution in [0.3, 0.4) is 0 Å². The first-order valence-electron chi connectivity index (χ1n) is 6.89. The number of nitro benzene ring substituents is 1. The topological polar surface area (TPSA) is 75.8 Å². The van der Waals surface area contributed by atoms with Gasteiger partial charge in [-0.15, -0.1) is 0 Å². The Balaban J connectivity index is 1.74. The lowest BCUT2D eigenvalue weighted by Crippen LogP contribution is -2.39. The summed E-state index contributed by atoms with van der Waals surface area (Å²) in [5.41, 5.74) is 0.0687. The lowest BCUT2D eigenvalue weighted by Gasteiger charge is -2.31. The number of aliphatic hydroxyl groups is 1. The van der Waals surface area contributed by atoms with Crippen LogP contribution in [0.5, 0.6) is 5.75 Å². The molecule has 1 aromatic carbocycles. The van der Waals surface area contributed by atoms with E-state index in [9.17, 15) is 15.2 Å². The Kier molecular flexibility index (Phi) is 5.31. The van der Waals surface area contributed by atoms with Gasteiger partial charge in [-0.25, -0.2) is 0 Å². The predicted octanol–water partition coefficient (Wildman–Crippen LogP) is 1.68. The molecule has 20 heavy (non-hydrogen) atoms. The van der Waals surface area contributed by atoms with Crippen molar-refractivity contribution in [2.24, 2.45) is 5.92 Å². The number of nitro groups is 1. The lowest BCUT2D eigenvalue weighted by molar-refractivity contribution is -0.384. The van der Waals surface area contributed by atoms with Gasteiger partial charge in [0.15, 0.2) is 0 Å². The van der Waals surface area contributed by atoms with Crippen LogP contribution in [0.15, 0.2) is 24.3 Å². The molecule has 110 valence electrons. The molecule has 1 aliphatic rings. The maximum atomic E-state index is 10.5. The molecule has 1 aliphatic heterocycles. The highest BCUT2D eigenvalue weighted by molar-refractivity contribution is 5.35. The number of nitrogens with zero attached hydrogens (tertiary/aromatic N) is 2. The summed E-state index contributed by atoms with van der Waals surface area (Å²) >= 11 is 0. The number of aliphatic hydroxyl groups excluding tert-OH is 1. The normalized spacial score (nSPS) is 19.8. The van der Waals surface area contributed by atoms with Gasteiger partial charge in [-0.05, 0) is 37.4 Å².